The van der Waals surface area contributed by atoms with Crippen molar-refractivity contribution < 1.29 is 19.3 Å². The second-order valence-electron chi connectivity index (χ2n) is 7.43. The summed E-state index contributed by atoms with van der Waals surface area (Å²) < 4.78 is 16.5. The number of aliphatic hydroxyl groups excluding tert-OH is 1. The van der Waals surface area contributed by atoms with Gasteiger partial charge in [0, 0.05) is 38.4 Å². The monoisotopic (exact) mass is 412 g/mol. The zero-order valence-corrected chi connectivity index (χ0v) is 17.9. The Kier molecular flexibility index (Phi) is 7.99. The Bertz CT molecular complexity index is 801. The number of piperazine rings is 1. The third kappa shape index (κ3) is 5.90. The Morgan fingerprint density at radius 2 is 1.73 bits per heavy atom. The van der Waals surface area contributed by atoms with E-state index in [-0.39, 0.29) is 6.61 Å². The van der Waals surface area contributed by atoms with E-state index < -0.39 is 6.10 Å². The Labute approximate surface area is 179 Å². The van der Waals surface area contributed by atoms with E-state index in [2.05, 4.69) is 28.5 Å². The van der Waals surface area contributed by atoms with E-state index in [9.17, 15) is 5.11 Å². The average Bonchev–Trinajstić information content (AvgIpc) is 2.79. The Morgan fingerprint density at radius 3 is 2.37 bits per heavy atom. The van der Waals surface area contributed by atoms with Crippen LogP contribution in [-0.2, 0) is 6.42 Å². The van der Waals surface area contributed by atoms with Gasteiger partial charge in [-0.1, -0.05) is 12.1 Å². The summed E-state index contributed by atoms with van der Waals surface area (Å²) in [7, 11) is 3.30. The largest absolute Gasteiger partial charge is 0.497 e. The van der Waals surface area contributed by atoms with Crippen molar-refractivity contribution >= 4 is 5.69 Å². The van der Waals surface area contributed by atoms with E-state index in [1.807, 2.05) is 36.4 Å². The molecule has 0 spiro atoms. The molecule has 2 aromatic rings. The van der Waals surface area contributed by atoms with Gasteiger partial charge < -0.3 is 24.2 Å². The van der Waals surface area contributed by atoms with E-state index in [0.717, 1.165) is 43.9 Å². The van der Waals surface area contributed by atoms with Crippen molar-refractivity contribution in [2.75, 3.05) is 58.5 Å². The first-order valence-electron chi connectivity index (χ1n) is 10.3. The summed E-state index contributed by atoms with van der Waals surface area (Å²) in [6.45, 7) is 8.25. The van der Waals surface area contributed by atoms with Crippen molar-refractivity contribution in [3.63, 3.8) is 0 Å². The number of anilines is 1. The summed E-state index contributed by atoms with van der Waals surface area (Å²) in [5, 5.41) is 10.5. The fourth-order valence-electron chi connectivity index (χ4n) is 3.64. The fraction of sp³-hybridized carbons (Fsp3) is 0.417. The predicted molar refractivity (Wildman–Crippen MR) is 120 cm³/mol. The number of nitrogens with zero attached hydrogens (tertiary/aromatic N) is 2. The molecule has 6 heteroatoms. The molecular weight excluding hydrogens is 380 g/mol. The Morgan fingerprint density at radius 1 is 1.00 bits per heavy atom. The van der Waals surface area contributed by atoms with Gasteiger partial charge in [0.25, 0.3) is 0 Å². The average molecular weight is 413 g/mol. The van der Waals surface area contributed by atoms with E-state index in [0.29, 0.717) is 18.0 Å². The molecule has 1 unspecified atom stereocenters. The SMILES string of the molecule is C=CCc1ccc(OCC(O)CN2CCN(c3ccc(OC)cc3)CC2)c(OC)c1. The van der Waals surface area contributed by atoms with Gasteiger partial charge in [0.05, 0.1) is 14.2 Å². The van der Waals surface area contributed by atoms with Crippen LogP contribution in [0.1, 0.15) is 5.56 Å². The lowest BCUT2D eigenvalue weighted by Crippen LogP contribution is -2.49. The molecule has 0 bridgehead atoms. The second-order valence-corrected chi connectivity index (χ2v) is 7.43. The highest BCUT2D eigenvalue weighted by molar-refractivity contribution is 5.49. The first-order valence-corrected chi connectivity index (χ1v) is 10.3. The maximum Gasteiger partial charge on any atom is 0.161 e. The Hall–Kier alpha value is -2.70. The third-order valence-corrected chi connectivity index (χ3v) is 5.32. The van der Waals surface area contributed by atoms with E-state index >= 15 is 0 Å². The molecule has 1 aliphatic rings. The zero-order chi connectivity index (χ0) is 21.3. The molecule has 1 aliphatic heterocycles. The maximum absolute atomic E-state index is 10.5. The van der Waals surface area contributed by atoms with Gasteiger partial charge >= 0.3 is 0 Å². The summed E-state index contributed by atoms with van der Waals surface area (Å²) in [5.74, 6) is 2.19. The summed E-state index contributed by atoms with van der Waals surface area (Å²) >= 11 is 0. The van der Waals surface area contributed by atoms with Crippen LogP contribution in [0, 0.1) is 0 Å². The summed E-state index contributed by atoms with van der Waals surface area (Å²) in [6.07, 6.45) is 2.07. The highest BCUT2D eigenvalue weighted by Gasteiger charge is 2.20. The van der Waals surface area contributed by atoms with Crippen LogP contribution >= 0.6 is 0 Å². The van der Waals surface area contributed by atoms with Crippen LogP contribution in [0.2, 0.25) is 0 Å². The molecule has 0 radical (unpaired) electrons. The Balaban J connectivity index is 1.44. The smallest absolute Gasteiger partial charge is 0.161 e. The number of β-amino-alcohol motifs (C(OH)–C–C–N with tert-alkyl or cyclic N) is 1. The number of hydrogen-bond acceptors (Lipinski definition) is 6. The van der Waals surface area contributed by atoms with Crippen LogP contribution in [0.4, 0.5) is 5.69 Å². The standard InChI is InChI=1S/C24H32N2O4/c1-4-5-19-6-11-23(24(16-19)29-3)30-18-21(27)17-25-12-14-26(15-13-25)20-7-9-22(28-2)10-8-20/h4,6-11,16,21,27H,1,5,12-15,17-18H2,2-3H3. The molecule has 162 valence electrons. The van der Waals surface area contributed by atoms with Gasteiger partial charge in [0.2, 0.25) is 0 Å². The lowest BCUT2D eigenvalue weighted by atomic mass is 10.1. The van der Waals surface area contributed by atoms with Gasteiger partial charge in [0.15, 0.2) is 11.5 Å². The van der Waals surface area contributed by atoms with Crippen molar-refractivity contribution in [1.82, 2.24) is 4.90 Å². The molecule has 1 fully saturated rings. The number of ether oxygens (including phenoxy) is 3. The van der Waals surface area contributed by atoms with Crippen molar-refractivity contribution in [2.45, 2.75) is 12.5 Å². The molecule has 0 saturated carbocycles. The van der Waals surface area contributed by atoms with Gasteiger partial charge in [-0.05, 0) is 48.4 Å². The van der Waals surface area contributed by atoms with Gasteiger partial charge in [-0.25, -0.2) is 0 Å². The summed E-state index contributed by atoms with van der Waals surface area (Å²) in [5.41, 5.74) is 2.32. The molecule has 6 nitrogen and oxygen atoms in total. The van der Waals surface area contributed by atoms with Gasteiger partial charge in [-0.3, -0.25) is 4.90 Å². The van der Waals surface area contributed by atoms with Gasteiger partial charge in [0.1, 0.15) is 18.5 Å². The number of allylic oxidation sites excluding steroid dienone is 1. The first-order chi connectivity index (χ1) is 14.6. The van der Waals surface area contributed by atoms with Crippen LogP contribution in [0.3, 0.4) is 0 Å². The number of hydrogen-bond donors (Lipinski definition) is 1. The van der Waals surface area contributed by atoms with E-state index in [1.54, 1.807) is 14.2 Å². The summed E-state index contributed by atoms with van der Waals surface area (Å²) in [6, 6.07) is 14.0. The highest BCUT2D eigenvalue weighted by atomic mass is 16.5. The van der Waals surface area contributed by atoms with E-state index in [1.165, 1.54) is 5.69 Å². The molecule has 1 saturated heterocycles. The molecular formula is C24H32N2O4. The van der Waals surface area contributed by atoms with Crippen molar-refractivity contribution in [3.8, 4) is 17.2 Å². The van der Waals surface area contributed by atoms with Crippen LogP contribution in [-0.4, -0.2) is 69.7 Å². The van der Waals surface area contributed by atoms with Crippen LogP contribution in [0.15, 0.2) is 55.1 Å². The molecule has 0 aliphatic carbocycles. The second kappa shape index (κ2) is 10.9. The van der Waals surface area contributed by atoms with Crippen LogP contribution < -0.4 is 19.1 Å². The molecule has 1 N–H and O–H groups in total. The quantitative estimate of drug-likeness (QED) is 0.606. The minimum Gasteiger partial charge on any atom is -0.497 e. The minimum atomic E-state index is -0.560. The number of benzene rings is 2. The maximum atomic E-state index is 10.5. The molecule has 3 rings (SSSR count). The molecule has 0 amide bonds. The van der Waals surface area contributed by atoms with Crippen LogP contribution in [0.5, 0.6) is 17.2 Å². The zero-order valence-electron chi connectivity index (χ0n) is 17.9. The van der Waals surface area contributed by atoms with Crippen molar-refractivity contribution in [1.29, 1.82) is 0 Å². The normalized spacial score (nSPS) is 15.5. The lowest BCUT2D eigenvalue weighted by Gasteiger charge is -2.36. The molecule has 0 aromatic heterocycles. The third-order valence-electron chi connectivity index (χ3n) is 5.32. The molecule has 2 aromatic carbocycles. The van der Waals surface area contributed by atoms with E-state index in [4.69, 9.17) is 14.2 Å². The predicted octanol–water partition coefficient (Wildman–Crippen LogP) is 2.99. The molecule has 1 heterocycles. The number of rotatable bonds is 10. The fourth-order valence-corrected chi connectivity index (χ4v) is 3.64. The van der Waals surface area contributed by atoms with Gasteiger partial charge in [-0.2, -0.15) is 0 Å². The van der Waals surface area contributed by atoms with Crippen molar-refractivity contribution in [3.05, 3.63) is 60.7 Å². The van der Waals surface area contributed by atoms with Crippen LogP contribution in [0.25, 0.3) is 0 Å². The summed E-state index contributed by atoms with van der Waals surface area (Å²) in [4.78, 5) is 4.63. The van der Waals surface area contributed by atoms with Gasteiger partial charge in [-0.15, -0.1) is 6.58 Å². The molecule has 1 atom stereocenters. The highest BCUT2D eigenvalue weighted by Crippen LogP contribution is 2.28. The molecule has 30 heavy (non-hydrogen) atoms. The minimum absolute atomic E-state index is 0.232. The lowest BCUT2D eigenvalue weighted by molar-refractivity contribution is 0.0653. The topological polar surface area (TPSA) is 54.4 Å². The first kappa shape index (κ1) is 22.0. The van der Waals surface area contributed by atoms with Crippen molar-refractivity contribution in [2.24, 2.45) is 0 Å². The number of aliphatic hydroxyl groups is 1. The number of methoxy groups -OCH3 is 2.